The smallest absolute Gasteiger partial charge is 0.0379 e. The van der Waals surface area contributed by atoms with Crippen molar-refractivity contribution >= 4 is 0 Å². The standard InChI is InChI=1S/C14H15N/c1-10-6-4-5-7-13(10)14-8-12(3)15-9-11(14)2/h4-9H,1-3H3. The van der Waals surface area contributed by atoms with E-state index in [1.54, 1.807) is 0 Å². The van der Waals surface area contributed by atoms with Crippen LogP contribution >= 0.6 is 0 Å². The number of hydrogen-bond acceptors (Lipinski definition) is 1. The van der Waals surface area contributed by atoms with Gasteiger partial charge in [0, 0.05) is 11.9 Å². The van der Waals surface area contributed by atoms with Crippen molar-refractivity contribution in [3.05, 3.63) is 53.3 Å². The van der Waals surface area contributed by atoms with Gasteiger partial charge in [0.25, 0.3) is 0 Å². The largest absolute Gasteiger partial charge is 0.261 e. The molecule has 0 amide bonds. The van der Waals surface area contributed by atoms with Gasteiger partial charge in [0.05, 0.1) is 0 Å². The predicted octanol–water partition coefficient (Wildman–Crippen LogP) is 3.67. The number of benzene rings is 1. The van der Waals surface area contributed by atoms with Crippen LogP contribution in [0.4, 0.5) is 0 Å². The number of rotatable bonds is 1. The van der Waals surface area contributed by atoms with Crippen molar-refractivity contribution in [2.75, 3.05) is 0 Å². The topological polar surface area (TPSA) is 12.9 Å². The Morgan fingerprint density at radius 3 is 2.33 bits per heavy atom. The molecule has 15 heavy (non-hydrogen) atoms. The Hall–Kier alpha value is -1.63. The Bertz CT molecular complexity index is 486. The quantitative estimate of drug-likeness (QED) is 0.679. The lowest BCUT2D eigenvalue weighted by molar-refractivity contribution is 1.17. The zero-order valence-corrected chi connectivity index (χ0v) is 9.41. The maximum atomic E-state index is 4.29. The van der Waals surface area contributed by atoms with Crippen LogP contribution in [0.2, 0.25) is 0 Å². The van der Waals surface area contributed by atoms with Crippen molar-refractivity contribution < 1.29 is 0 Å². The third-order valence-corrected chi connectivity index (χ3v) is 2.68. The molecule has 0 radical (unpaired) electrons. The summed E-state index contributed by atoms with van der Waals surface area (Å²) in [6.45, 7) is 6.28. The second-order valence-electron chi connectivity index (χ2n) is 3.96. The molecular formula is C14H15N. The molecule has 0 atom stereocenters. The fourth-order valence-electron chi connectivity index (χ4n) is 1.79. The molecule has 0 spiro atoms. The highest BCUT2D eigenvalue weighted by atomic mass is 14.7. The Morgan fingerprint density at radius 2 is 1.60 bits per heavy atom. The molecule has 0 aliphatic heterocycles. The first-order valence-corrected chi connectivity index (χ1v) is 5.18. The van der Waals surface area contributed by atoms with Gasteiger partial charge in [-0.2, -0.15) is 0 Å². The highest BCUT2D eigenvalue weighted by Crippen LogP contribution is 2.26. The molecule has 0 bridgehead atoms. The van der Waals surface area contributed by atoms with E-state index in [4.69, 9.17) is 0 Å². The van der Waals surface area contributed by atoms with Gasteiger partial charge in [-0.3, -0.25) is 4.98 Å². The van der Waals surface area contributed by atoms with Crippen molar-refractivity contribution in [2.24, 2.45) is 0 Å². The van der Waals surface area contributed by atoms with E-state index in [0.29, 0.717) is 0 Å². The molecule has 0 saturated carbocycles. The minimum absolute atomic E-state index is 1.07. The molecule has 0 aliphatic carbocycles. The van der Waals surface area contributed by atoms with E-state index in [2.05, 4.69) is 49.2 Å². The van der Waals surface area contributed by atoms with Crippen LogP contribution in [0.25, 0.3) is 11.1 Å². The number of aromatic nitrogens is 1. The van der Waals surface area contributed by atoms with Gasteiger partial charge in [-0.25, -0.2) is 0 Å². The number of pyridine rings is 1. The van der Waals surface area contributed by atoms with Crippen LogP contribution in [0, 0.1) is 20.8 Å². The van der Waals surface area contributed by atoms with Gasteiger partial charge >= 0.3 is 0 Å². The Balaban J connectivity index is 2.64. The fraction of sp³-hybridized carbons (Fsp3) is 0.214. The molecule has 0 N–H and O–H groups in total. The SMILES string of the molecule is Cc1cc(-c2ccccc2C)c(C)cn1. The molecule has 0 fully saturated rings. The molecule has 0 aliphatic rings. The van der Waals surface area contributed by atoms with Crippen molar-refractivity contribution in [3.63, 3.8) is 0 Å². The van der Waals surface area contributed by atoms with Crippen LogP contribution in [0.1, 0.15) is 16.8 Å². The predicted molar refractivity (Wildman–Crippen MR) is 63.9 cm³/mol. The maximum Gasteiger partial charge on any atom is 0.0379 e. The summed E-state index contributed by atoms with van der Waals surface area (Å²) in [6.07, 6.45) is 1.94. The van der Waals surface area contributed by atoms with Crippen LogP contribution in [-0.2, 0) is 0 Å². The summed E-state index contributed by atoms with van der Waals surface area (Å²) in [5.74, 6) is 0. The number of aryl methyl sites for hydroxylation is 3. The van der Waals surface area contributed by atoms with E-state index in [0.717, 1.165) is 5.69 Å². The van der Waals surface area contributed by atoms with Crippen molar-refractivity contribution in [3.8, 4) is 11.1 Å². The van der Waals surface area contributed by atoms with E-state index >= 15 is 0 Å². The molecule has 0 saturated heterocycles. The number of hydrogen-bond donors (Lipinski definition) is 0. The summed E-state index contributed by atoms with van der Waals surface area (Å²) < 4.78 is 0. The molecule has 1 heterocycles. The van der Waals surface area contributed by atoms with E-state index in [1.807, 2.05) is 13.1 Å². The first kappa shape index (κ1) is 9.91. The zero-order chi connectivity index (χ0) is 10.8. The number of nitrogens with zero attached hydrogens (tertiary/aromatic N) is 1. The normalized spacial score (nSPS) is 10.3. The summed E-state index contributed by atoms with van der Waals surface area (Å²) in [7, 11) is 0. The van der Waals surface area contributed by atoms with Crippen molar-refractivity contribution in [2.45, 2.75) is 20.8 Å². The summed E-state index contributed by atoms with van der Waals surface area (Å²) in [5, 5.41) is 0. The fourth-order valence-corrected chi connectivity index (χ4v) is 1.79. The van der Waals surface area contributed by atoms with Gasteiger partial charge in [-0.05, 0) is 49.1 Å². The second kappa shape index (κ2) is 3.85. The lowest BCUT2D eigenvalue weighted by Gasteiger charge is -2.09. The molecule has 1 nitrogen and oxygen atoms in total. The first-order valence-electron chi connectivity index (χ1n) is 5.18. The lowest BCUT2D eigenvalue weighted by Crippen LogP contribution is -1.90. The molecule has 1 heteroatoms. The highest BCUT2D eigenvalue weighted by molar-refractivity contribution is 5.70. The first-order chi connectivity index (χ1) is 7.18. The second-order valence-corrected chi connectivity index (χ2v) is 3.96. The van der Waals surface area contributed by atoms with Crippen LogP contribution < -0.4 is 0 Å². The van der Waals surface area contributed by atoms with Crippen LogP contribution in [0.15, 0.2) is 36.5 Å². The maximum absolute atomic E-state index is 4.29. The van der Waals surface area contributed by atoms with E-state index in [-0.39, 0.29) is 0 Å². The van der Waals surface area contributed by atoms with Crippen LogP contribution in [-0.4, -0.2) is 4.98 Å². The average molecular weight is 197 g/mol. The Morgan fingerprint density at radius 1 is 0.867 bits per heavy atom. The van der Waals surface area contributed by atoms with Crippen LogP contribution in [0.5, 0.6) is 0 Å². The Labute approximate surface area is 90.8 Å². The van der Waals surface area contributed by atoms with Gasteiger partial charge in [0.2, 0.25) is 0 Å². The Kier molecular flexibility index (Phi) is 2.55. The summed E-state index contributed by atoms with van der Waals surface area (Å²) >= 11 is 0. The van der Waals surface area contributed by atoms with Crippen molar-refractivity contribution in [1.29, 1.82) is 0 Å². The molecule has 0 unspecified atom stereocenters. The van der Waals surface area contributed by atoms with Gasteiger partial charge < -0.3 is 0 Å². The minimum Gasteiger partial charge on any atom is -0.261 e. The molecule has 2 rings (SSSR count). The lowest BCUT2D eigenvalue weighted by atomic mass is 9.97. The average Bonchev–Trinajstić information content (AvgIpc) is 2.23. The molecule has 2 aromatic rings. The molecule has 1 aromatic heterocycles. The molecular weight excluding hydrogens is 182 g/mol. The third-order valence-electron chi connectivity index (χ3n) is 2.68. The van der Waals surface area contributed by atoms with Gasteiger partial charge in [-0.1, -0.05) is 24.3 Å². The highest BCUT2D eigenvalue weighted by Gasteiger charge is 2.04. The zero-order valence-electron chi connectivity index (χ0n) is 9.41. The van der Waals surface area contributed by atoms with E-state index in [9.17, 15) is 0 Å². The van der Waals surface area contributed by atoms with Crippen molar-refractivity contribution in [1.82, 2.24) is 4.98 Å². The van der Waals surface area contributed by atoms with Gasteiger partial charge in [0.15, 0.2) is 0 Å². The summed E-state index contributed by atoms with van der Waals surface area (Å²) in [4.78, 5) is 4.29. The summed E-state index contributed by atoms with van der Waals surface area (Å²) in [6, 6.07) is 10.6. The third kappa shape index (κ3) is 1.91. The molecule has 76 valence electrons. The van der Waals surface area contributed by atoms with Gasteiger partial charge in [-0.15, -0.1) is 0 Å². The minimum atomic E-state index is 1.07. The van der Waals surface area contributed by atoms with Crippen LogP contribution in [0.3, 0.4) is 0 Å². The summed E-state index contributed by atoms with van der Waals surface area (Å²) in [5.41, 5.74) is 6.21. The van der Waals surface area contributed by atoms with Gasteiger partial charge in [0.1, 0.15) is 0 Å². The monoisotopic (exact) mass is 197 g/mol. The van der Waals surface area contributed by atoms with E-state index < -0.39 is 0 Å². The molecule has 1 aromatic carbocycles. The van der Waals surface area contributed by atoms with E-state index in [1.165, 1.54) is 22.3 Å².